The fourth-order valence-corrected chi connectivity index (χ4v) is 4.92. The molecule has 160 valence electrons. The molecule has 1 aromatic heterocycles. The number of urea groups is 1. The summed E-state index contributed by atoms with van der Waals surface area (Å²) in [5.41, 5.74) is 3.54. The van der Waals surface area contributed by atoms with Gasteiger partial charge in [-0.15, -0.1) is 0 Å². The number of fused-ring (bicyclic) bond motifs is 1. The van der Waals surface area contributed by atoms with Crippen LogP contribution in [0.4, 0.5) is 10.5 Å². The molecule has 30 heavy (non-hydrogen) atoms. The normalized spacial score (nSPS) is 15.4. The summed E-state index contributed by atoms with van der Waals surface area (Å²) in [6.45, 7) is 8.66. The van der Waals surface area contributed by atoms with Gasteiger partial charge in [-0.1, -0.05) is 27.7 Å². The third-order valence-corrected chi connectivity index (χ3v) is 6.73. The van der Waals surface area contributed by atoms with Crippen LogP contribution in [0.15, 0.2) is 23.2 Å². The smallest absolute Gasteiger partial charge is 0.307 e. The van der Waals surface area contributed by atoms with Gasteiger partial charge in [0.2, 0.25) is 0 Å². The zero-order chi connectivity index (χ0) is 22.1. The average molecular weight is 429 g/mol. The number of aromatic nitrogens is 2. The van der Waals surface area contributed by atoms with E-state index in [0.29, 0.717) is 17.7 Å². The molecule has 3 rings (SSSR count). The third kappa shape index (κ3) is 4.33. The molecule has 0 spiro atoms. The van der Waals surface area contributed by atoms with E-state index in [0.717, 1.165) is 36.2 Å². The molecule has 0 bridgehead atoms. The van der Waals surface area contributed by atoms with Gasteiger partial charge in [0, 0.05) is 12.2 Å². The van der Waals surface area contributed by atoms with Crippen molar-refractivity contribution in [2.45, 2.75) is 70.2 Å². The lowest BCUT2D eigenvalue weighted by atomic mass is 9.90. The topological polar surface area (TPSA) is 124 Å². The summed E-state index contributed by atoms with van der Waals surface area (Å²) in [6, 6.07) is 4.99. The molecule has 1 aliphatic heterocycles. The first-order valence-electron chi connectivity index (χ1n) is 10.1. The highest BCUT2D eigenvalue weighted by Crippen LogP contribution is 2.34. The van der Waals surface area contributed by atoms with Gasteiger partial charge in [0.25, 0.3) is 0 Å². The maximum atomic E-state index is 13.1. The molecule has 2 aromatic rings. The highest BCUT2D eigenvalue weighted by Gasteiger charge is 2.25. The number of rotatable bonds is 5. The minimum atomic E-state index is -3.55. The minimum absolute atomic E-state index is 0.0640. The monoisotopic (exact) mass is 428 g/mol. The second-order valence-electron chi connectivity index (χ2n) is 8.20. The van der Waals surface area contributed by atoms with E-state index in [1.54, 1.807) is 16.8 Å². The van der Waals surface area contributed by atoms with E-state index in [1.165, 1.54) is 6.20 Å². The van der Waals surface area contributed by atoms with Crippen LogP contribution in [0.2, 0.25) is 0 Å². The van der Waals surface area contributed by atoms with Crippen molar-refractivity contribution in [3.63, 3.8) is 0 Å². The van der Waals surface area contributed by atoms with Crippen LogP contribution in [0.1, 0.15) is 74.8 Å². The summed E-state index contributed by atoms with van der Waals surface area (Å²) in [6.07, 6.45) is 4.06. The van der Waals surface area contributed by atoms with Gasteiger partial charge in [-0.05, 0) is 54.4 Å². The summed E-state index contributed by atoms with van der Waals surface area (Å²) in [7, 11) is -3.55. The standard InChI is InChI=1S/C21H28N6O2S/c1-13(2)16-9-15(11-22)10-17(14(3)4)20(16)25-21(28)26-30(23,29)19-12-24-27-8-6-5-7-18(19)27/h9-10,12-14H,5-8H2,1-4H3,(H3,23,25,26,28,29). The number of nitrogens with zero attached hydrogens (tertiary/aromatic N) is 3. The van der Waals surface area contributed by atoms with Crippen molar-refractivity contribution in [2.24, 2.45) is 0 Å². The van der Waals surface area contributed by atoms with Gasteiger partial charge in [-0.2, -0.15) is 10.4 Å². The molecule has 2 amide bonds. The lowest BCUT2D eigenvalue weighted by Crippen LogP contribution is -2.35. The van der Waals surface area contributed by atoms with Crippen molar-refractivity contribution in [2.75, 3.05) is 5.32 Å². The maximum absolute atomic E-state index is 13.1. The number of hydrogen-bond donors (Lipinski definition) is 3. The van der Waals surface area contributed by atoms with E-state index >= 15 is 0 Å². The van der Waals surface area contributed by atoms with Crippen LogP contribution in [0.5, 0.6) is 0 Å². The molecule has 1 aliphatic rings. The third-order valence-electron chi connectivity index (χ3n) is 5.30. The first-order valence-corrected chi connectivity index (χ1v) is 11.7. The first kappa shape index (κ1) is 21.8. The van der Waals surface area contributed by atoms with Gasteiger partial charge in [-0.3, -0.25) is 4.68 Å². The number of anilines is 1. The van der Waals surface area contributed by atoms with Crippen molar-refractivity contribution in [1.82, 2.24) is 14.5 Å². The summed E-state index contributed by atoms with van der Waals surface area (Å²) >= 11 is 0. The summed E-state index contributed by atoms with van der Waals surface area (Å²) in [5.74, 6) is 0.128. The van der Waals surface area contributed by atoms with E-state index in [-0.39, 0.29) is 16.7 Å². The van der Waals surface area contributed by atoms with E-state index in [1.807, 2.05) is 27.7 Å². The van der Waals surface area contributed by atoms with Crippen molar-refractivity contribution in [1.29, 1.82) is 10.0 Å². The molecule has 1 unspecified atom stereocenters. The number of benzene rings is 1. The van der Waals surface area contributed by atoms with Crippen LogP contribution in [0.3, 0.4) is 0 Å². The molecule has 1 atom stereocenters. The van der Waals surface area contributed by atoms with Crippen molar-refractivity contribution >= 4 is 21.6 Å². The molecular formula is C21H28N6O2S. The van der Waals surface area contributed by atoms with Crippen LogP contribution < -0.4 is 10.0 Å². The Labute approximate surface area is 177 Å². The van der Waals surface area contributed by atoms with Crippen molar-refractivity contribution in [3.8, 4) is 6.07 Å². The van der Waals surface area contributed by atoms with Crippen LogP contribution >= 0.6 is 0 Å². The zero-order valence-corrected chi connectivity index (χ0v) is 18.6. The van der Waals surface area contributed by atoms with E-state index in [9.17, 15) is 14.3 Å². The number of carbonyl (C=O) groups is 1. The number of nitrogens with one attached hydrogen (secondary N) is 3. The Bertz CT molecular complexity index is 1080. The molecule has 0 fully saturated rings. The van der Waals surface area contributed by atoms with Crippen LogP contribution in [-0.2, 0) is 22.9 Å². The number of nitriles is 1. The molecule has 8 nitrogen and oxygen atoms in total. The van der Waals surface area contributed by atoms with E-state index in [4.69, 9.17) is 4.78 Å². The predicted molar refractivity (Wildman–Crippen MR) is 116 cm³/mol. The number of carbonyl (C=O) groups excluding carboxylic acids is 1. The average Bonchev–Trinajstić information content (AvgIpc) is 3.12. The summed E-state index contributed by atoms with van der Waals surface area (Å²) in [4.78, 5) is 13.1. The molecule has 2 heterocycles. The quantitative estimate of drug-likeness (QED) is 0.649. The van der Waals surface area contributed by atoms with Crippen LogP contribution in [0, 0.1) is 16.1 Å². The largest absolute Gasteiger partial charge is 0.331 e. The van der Waals surface area contributed by atoms with Gasteiger partial charge in [-0.25, -0.2) is 18.5 Å². The van der Waals surface area contributed by atoms with Gasteiger partial charge in [0.15, 0.2) is 9.92 Å². The molecule has 0 aliphatic carbocycles. The second-order valence-corrected chi connectivity index (χ2v) is 9.96. The Balaban J connectivity index is 1.91. The van der Waals surface area contributed by atoms with Crippen molar-refractivity contribution in [3.05, 3.63) is 40.7 Å². The lowest BCUT2D eigenvalue weighted by molar-refractivity contribution is 0.256. The van der Waals surface area contributed by atoms with Crippen LogP contribution in [0.25, 0.3) is 0 Å². The lowest BCUT2D eigenvalue weighted by Gasteiger charge is -2.21. The van der Waals surface area contributed by atoms with Gasteiger partial charge >= 0.3 is 6.03 Å². The highest BCUT2D eigenvalue weighted by atomic mass is 32.2. The fourth-order valence-electron chi connectivity index (χ4n) is 3.76. The maximum Gasteiger partial charge on any atom is 0.331 e. The predicted octanol–water partition coefficient (Wildman–Crippen LogP) is 4.48. The van der Waals surface area contributed by atoms with Gasteiger partial charge in [0.05, 0.1) is 23.5 Å². The summed E-state index contributed by atoms with van der Waals surface area (Å²) < 4.78 is 25.5. The molecule has 1 aromatic carbocycles. The van der Waals surface area contributed by atoms with E-state index in [2.05, 4.69) is 21.2 Å². The minimum Gasteiger partial charge on any atom is -0.307 e. The molecule has 0 radical (unpaired) electrons. The van der Waals surface area contributed by atoms with E-state index < -0.39 is 15.9 Å². The number of hydrogen-bond acceptors (Lipinski definition) is 5. The van der Waals surface area contributed by atoms with Gasteiger partial charge in [0.1, 0.15) is 4.90 Å². The van der Waals surface area contributed by atoms with Crippen molar-refractivity contribution < 1.29 is 9.00 Å². The SMILES string of the molecule is CC(C)c1cc(C#N)cc(C(C)C)c1NC(=O)NS(=N)(=O)c1cnn2c1CCCC2. The van der Waals surface area contributed by atoms with Crippen LogP contribution in [-0.4, -0.2) is 20.0 Å². The number of aryl methyl sites for hydroxylation is 1. The summed E-state index contributed by atoms with van der Waals surface area (Å²) in [5, 5.41) is 16.4. The molecule has 0 saturated carbocycles. The Morgan fingerprint density at radius 3 is 2.43 bits per heavy atom. The Hall–Kier alpha value is -2.86. The highest BCUT2D eigenvalue weighted by molar-refractivity contribution is 7.91. The molecule has 9 heteroatoms. The Morgan fingerprint density at radius 2 is 1.87 bits per heavy atom. The Kier molecular flexibility index (Phi) is 6.17. The van der Waals surface area contributed by atoms with Gasteiger partial charge < -0.3 is 5.32 Å². The molecular weight excluding hydrogens is 400 g/mol. The second kappa shape index (κ2) is 8.48. The Morgan fingerprint density at radius 1 is 1.23 bits per heavy atom. The first-order chi connectivity index (χ1) is 14.1. The molecule has 0 saturated heterocycles. The number of amides is 2. The zero-order valence-electron chi connectivity index (χ0n) is 17.8. The fraction of sp³-hybridized carbons (Fsp3) is 0.476. The molecule has 3 N–H and O–H groups in total.